The number of carboxylic acids is 1. The molecular weight excluding hydrogens is 158 g/mol. The van der Waals surface area contributed by atoms with Crippen LogP contribution in [0, 0.1) is 0 Å². The van der Waals surface area contributed by atoms with Gasteiger partial charge in [-0.15, -0.1) is 0 Å². The number of hydrogen-bond donors (Lipinski definition) is 2. The highest BCUT2D eigenvalue weighted by molar-refractivity contribution is 5.66. The molecule has 0 bridgehead atoms. The third-order valence-electron chi connectivity index (χ3n) is 1.55. The molecular formula is C8H15NO3. The van der Waals surface area contributed by atoms with Crippen molar-refractivity contribution in [2.45, 2.75) is 32.1 Å². The van der Waals surface area contributed by atoms with E-state index in [0.717, 1.165) is 25.7 Å². The summed E-state index contributed by atoms with van der Waals surface area (Å²) >= 11 is 0. The summed E-state index contributed by atoms with van der Waals surface area (Å²) < 4.78 is 0. The molecule has 0 aliphatic rings. The molecule has 0 aliphatic carbocycles. The van der Waals surface area contributed by atoms with Crippen molar-refractivity contribution in [3.8, 4) is 0 Å². The number of nitrogens with one attached hydrogen (secondary N) is 1. The van der Waals surface area contributed by atoms with E-state index in [2.05, 4.69) is 5.32 Å². The maximum absolute atomic E-state index is 10.1. The largest absolute Gasteiger partial charge is 0.481 e. The van der Waals surface area contributed by atoms with Crippen molar-refractivity contribution < 1.29 is 14.7 Å². The molecule has 0 atom stereocenters. The standard InChI is InChI=1S/C8H15NO3/c10-7-9-6-4-2-1-3-5-8(11)12/h7H,1-6H2,(H,9,10)(H,11,12). The monoisotopic (exact) mass is 173 g/mol. The van der Waals surface area contributed by atoms with Crippen molar-refractivity contribution in [3.63, 3.8) is 0 Å². The van der Waals surface area contributed by atoms with Gasteiger partial charge >= 0.3 is 5.97 Å². The van der Waals surface area contributed by atoms with E-state index in [1.807, 2.05) is 0 Å². The van der Waals surface area contributed by atoms with Gasteiger partial charge in [0.05, 0.1) is 0 Å². The maximum Gasteiger partial charge on any atom is 0.303 e. The van der Waals surface area contributed by atoms with E-state index >= 15 is 0 Å². The Balaban J connectivity index is 2.90. The first-order valence-electron chi connectivity index (χ1n) is 4.16. The van der Waals surface area contributed by atoms with Gasteiger partial charge in [0.25, 0.3) is 0 Å². The van der Waals surface area contributed by atoms with Crippen molar-refractivity contribution in [1.82, 2.24) is 5.32 Å². The zero-order chi connectivity index (χ0) is 9.23. The van der Waals surface area contributed by atoms with Gasteiger partial charge in [-0.3, -0.25) is 9.59 Å². The molecule has 0 radical (unpaired) electrons. The van der Waals surface area contributed by atoms with Gasteiger partial charge in [-0.2, -0.15) is 0 Å². The van der Waals surface area contributed by atoms with Gasteiger partial charge in [-0.25, -0.2) is 0 Å². The van der Waals surface area contributed by atoms with Crippen molar-refractivity contribution in [2.24, 2.45) is 0 Å². The lowest BCUT2D eigenvalue weighted by molar-refractivity contribution is -0.137. The van der Waals surface area contributed by atoms with E-state index in [-0.39, 0.29) is 6.42 Å². The summed E-state index contributed by atoms with van der Waals surface area (Å²) in [5.74, 6) is -0.735. The molecule has 1 amide bonds. The van der Waals surface area contributed by atoms with Crippen molar-refractivity contribution in [2.75, 3.05) is 6.54 Å². The average molecular weight is 173 g/mol. The fourth-order valence-electron chi connectivity index (χ4n) is 0.916. The van der Waals surface area contributed by atoms with Crippen LogP contribution in [0.1, 0.15) is 32.1 Å². The van der Waals surface area contributed by atoms with E-state index in [1.54, 1.807) is 0 Å². The van der Waals surface area contributed by atoms with Crippen molar-refractivity contribution >= 4 is 12.4 Å². The fourth-order valence-corrected chi connectivity index (χ4v) is 0.916. The maximum atomic E-state index is 10.1. The SMILES string of the molecule is O=CNCCCCCCC(=O)O. The quantitative estimate of drug-likeness (QED) is 0.421. The Morgan fingerprint density at radius 3 is 2.50 bits per heavy atom. The van der Waals surface area contributed by atoms with Crippen LogP contribution in [0.2, 0.25) is 0 Å². The molecule has 0 aromatic heterocycles. The van der Waals surface area contributed by atoms with Crippen LogP contribution in [0.5, 0.6) is 0 Å². The number of rotatable bonds is 8. The molecule has 0 saturated heterocycles. The molecule has 0 aromatic rings. The second-order valence-corrected chi connectivity index (χ2v) is 2.63. The number of amides is 1. The predicted octanol–water partition coefficient (Wildman–Crippen LogP) is 0.767. The smallest absolute Gasteiger partial charge is 0.303 e. The highest BCUT2D eigenvalue weighted by Crippen LogP contribution is 2.01. The first kappa shape index (κ1) is 10.9. The zero-order valence-corrected chi connectivity index (χ0v) is 7.08. The first-order chi connectivity index (χ1) is 5.77. The number of aliphatic carboxylic acids is 1. The third-order valence-corrected chi connectivity index (χ3v) is 1.55. The van der Waals surface area contributed by atoms with Crippen molar-refractivity contribution in [3.05, 3.63) is 0 Å². The van der Waals surface area contributed by atoms with E-state index in [1.165, 1.54) is 0 Å². The molecule has 0 unspecified atom stereocenters. The van der Waals surface area contributed by atoms with Crippen LogP contribution >= 0.6 is 0 Å². The summed E-state index contributed by atoms with van der Waals surface area (Å²) in [4.78, 5) is 19.9. The van der Waals surface area contributed by atoms with Gasteiger partial charge in [0.15, 0.2) is 0 Å². The van der Waals surface area contributed by atoms with Gasteiger partial charge in [-0.05, 0) is 12.8 Å². The van der Waals surface area contributed by atoms with Crippen LogP contribution in [0.3, 0.4) is 0 Å². The molecule has 0 rings (SSSR count). The molecule has 0 heterocycles. The molecule has 0 aliphatic heterocycles. The summed E-state index contributed by atoms with van der Waals surface area (Å²) in [7, 11) is 0. The Labute approximate surface area is 72.0 Å². The molecule has 12 heavy (non-hydrogen) atoms. The molecule has 0 aromatic carbocycles. The number of unbranched alkanes of at least 4 members (excludes halogenated alkanes) is 3. The Bertz CT molecular complexity index is 136. The summed E-state index contributed by atoms with van der Waals surface area (Å²) in [5, 5.41) is 10.8. The summed E-state index contributed by atoms with van der Waals surface area (Å²) in [6.07, 6.45) is 4.49. The highest BCUT2D eigenvalue weighted by Gasteiger charge is 1.95. The Morgan fingerprint density at radius 2 is 1.92 bits per heavy atom. The van der Waals surface area contributed by atoms with Crippen LogP contribution in [-0.4, -0.2) is 24.0 Å². The minimum Gasteiger partial charge on any atom is -0.481 e. The summed E-state index contributed by atoms with van der Waals surface area (Å²) in [6, 6.07) is 0. The van der Waals surface area contributed by atoms with Gasteiger partial charge in [0.1, 0.15) is 0 Å². The van der Waals surface area contributed by atoms with Crippen LogP contribution in [-0.2, 0) is 9.59 Å². The number of carboxylic acid groups (broad SMARTS) is 1. The normalized spacial score (nSPS) is 9.33. The number of carbonyl (C=O) groups is 2. The molecule has 0 spiro atoms. The second-order valence-electron chi connectivity index (χ2n) is 2.63. The Morgan fingerprint density at radius 1 is 1.25 bits per heavy atom. The van der Waals surface area contributed by atoms with Gasteiger partial charge in [-0.1, -0.05) is 12.8 Å². The third kappa shape index (κ3) is 8.94. The van der Waals surface area contributed by atoms with Crippen LogP contribution in [0.15, 0.2) is 0 Å². The van der Waals surface area contributed by atoms with E-state index in [9.17, 15) is 9.59 Å². The summed E-state index contributed by atoms with van der Waals surface area (Å²) in [5.41, 5.74) is 0. The molecule has 4 nitrogen and oxygen atoms in total. The van der Waals surface area contributed by atoms with Gasteiger partial charge in [0.2, 0.25) is 6.41 Å². The first-order valence-corrected chi connectivity index (χ1v) is 4.16. The van der Waals surface area contributed by atoms with Crippen LogP contribution in [0.4, 0.5) is 0 Å². The lowest BCUT2D eigenvalue weighted by Gasteiger charge is -1.98. The minimum absolute atomic E-state index is 0.251. The van der Waals surface area contributed by atoms with Gasteiger partial charge in [0, 0.05) is 13.0 Å². The Kier molecular flexibility index (Phi) is 7.33. The number of hydrogen-bond acceptors (Lipinski definition) is 2. The topological polar surface area (TPSA) is 66.4 Å². The molecule has 2 N–H and O–H groups in total. The Hall–Kier alpha value is -1.06. The van der Waals surface area contributed by atoms with E-state index in [0.29, 0.717) is 13.0 Å². The zero-order valence-electron chi connectivity index (χ0n) is 7.08. The van der Waals surface area contributed by atoms with E-state index < -0.39 is 5.97 Å². The molecule has 70 valence electrons. The van der Waals surface area contributed by atoms with Gasteiger partial charge < -0.3 is 10.4 Å². The molecule has 0 saturated carbocycles. The highest BCUT2D eigenvalue weighted by atomic mass is 16.4. The number of carbonyl (C=O) groups excluding carboxylic acids is 1. The van der Waals surface area contributed by atoms with Crippen molar-refractivity contribution in [1.29, 1.82) is 0 Å². The average Bonchev–Trinajstić information content (AvgIpc) is 2.02. The van der Waals surface area contributed by atoms with Crippen LogP contribution in [0.25, 0.3) is 0 Å². The fraction of sp³-hybridized carbons (Fsp3) is 0.750. The summed E-state index contributed by atoms with van der Waals surface area (Å²) in [6.45, 7) is 0.691. The molecule has 0 fully saturated rings. The predicted molar refractivity (Wildman–Crippen MR) is 44.8 cm³/mol. The second kappa shape index (κ2) is 8.04. The van der Waals surface area contributed by atoms with E-state index in [4.69, 9.17) is 5.11 Å². The molecule has 4 heteroatoms. The minimum atomic E-state index is -0.735. The lowest BCUT2D eigenvalue weighted by Crippen LogP contribution is -2.11. The lowest BCUT2D eigenvalue weighted by atomic mass is 10.1. The van der Waals surface area contributed by atoms with Crippen LogP contribution < -0.4 is 5.32 Å².